The van der Waals surface area contributed by atoms with E-state index >= 15 is 0 Å². The van der Waals surface area contributed by atoms with Gasteiger partial charge < -0.3 is 94.9 Å². The molecule has 0 spiro atoms. The van der Waals surface area contributed by atoms with E-state index < -0.39 is 200 Å². The Hall–Kier alpha value is -11.4. The van der Waals surface area contributed by atoms with Crippen LogP contribution in [-0.4, -0.2) is 210 Å². The molecule has 538 valence electrons. The minimum atomic E-state index is -2.14. The van der Waals surface area contributed by atoms with Crippen LogP contribution in [0.3, 0.4) is 0 Å². The highest BCUT2D eigenvalue weighted by Crippen LogP contribution is 2.23. The number of para-hydroxylation sites is 1. The molecule has 2 aliphatic rings. The molecular formula is C67H80N14O19S. The maximum atomic E-state index is 14.8. The molecule has 2 aliphatic heterocycles. The second-order valence-electron chi connectivity index (χ2n) is 24.2. The van der Waals surface area contributed by atoms with Crippen molar-refractivity contribution in [1.29, 1.82) is 0 Å². The molecule has 2 fully saturated rings. The molecule has 34 heteroatoms. The number of aromatic nitrogens is 1. The monoisotopic (exact) mass is 1420 g/mol. The fourth-order valence-electron chi connectivity index (χ4n) is 11.3. The lowest BCUT2D eigenvalue weighted by Gasteiger charge is -2.31. The van der Waals surface area contributed by atoms with E-state index in [2.05, 4.69) is 58.2 Å². The first-order valence-corrected chi connectivity index (χ1v) is 33.3. The number of aliphatic carboxylic acids is 2. The molecule has 7 rings (SSSR count). The maximum Gasteiger partial charge on any atom is 0.305 e. The van der Waals surface area contributed by atoms with Gasteiger partial charge in [0.2, 0.25) is 76.8 Å². The number of benzene rings is 4. The third-order valence-corrected chi connectivity index (χ3v) is 17.5. The summed E-state index contributed by atoms with van der Waals surface area (Å²) in [4.78, 5) is 212. The molecule has 19 N–H and O–H groups in total. The van der Waals surface area contributed by atoms with Crippen molar-refractivity contribution >= 4 is 111 Å². The second-order valence-corrected chi connectivity index (χ2v) is 25.2. The SMILES string of the molecule is CC(O)C1NC(=O)C(CC(N)=O)NC(=O)C(CC(=O)O)NC(=O)C(Cc2ccc(O)cc2)NC(=O)CNC(=O)C(CCC(=O)O)NC(=O)C(Cc2ccccc2)NC(=O)C(Cc2c[nH]c3ccccc23)NC(=O)CSCC(C(N)=O)NC(=O)C2CCCN2C(=O)C(Cc2ccccc2)NC1=O. The van der Waals surface area contributed by atoms with Crippen LogP contribution >= 0.6 is 11.8 Å². The second kappa shape index (κ2) is 37.0. The van der Waals surface area contributed by atoms with Gasteiger partial charge in [-0.15, -0.1) is 11.8 Å². The van der Waals surface area contributed by atoms with Crippen molar-refractivity contribution in [2.45, 2.75) is 138 Å². The van der Waals surface area contributed by atoms with Gasteiger partial charge in [0.1, 0.15) is 66.2 Å². The molecule has 3 heterocycles. The highest BCUT2D eigenvalue weighted by Gasteiger charge is 2.42. The number of H-pyrrole nitrogens is 1. The number of carboxylic acid groups (broad SMARTS) is 2. The number of nitrogens with one attached hydrogen (secondary N) is 11. The minimum Gasteiger partial charge on any atom is -0.508 e. The lowest BCUT2D eigenvalue weighted by molar-refractivity contribution is -0.143. The molecule has 11 atom stereocenters. The predicted molar refractivity (Wildman–Crippen MR) is 360 cm³/mol. The zero-order chi connectivity index (χ0) is 73.4. The van der Waals surface area contributed by atoms with Crippen LogP contribution in [0.1, 0.15) is 67.7 Å². The maximum absolute atomic E-state index is 14.8. The summed E-state index contributed by atoms with van der Waals surface area (Å²) >= 11 is 0.832. The first-order chi connectivity index (χ1) is 48.1. The summed E-state index contributed by atoms with van der Waals surface area (Å²) in [6.07, 6.45) is -4.61. The molecule has 5 aromatic rings. The lowest BCUT2D eigenvalue weighted by atomic mass is 10.0. The normalized spacial score (nSPS) is 23.7. The molecule has 33 nitrogen and oxygen atoms in total. The number of carbonyl (C=O) groups excluding carboxylic acids is 13. The number of primary amides is 2. The number of aromatic hydroxyl groups is 1. The van der Waals surface area contributed by atoms with Crippen LogP contribution in [0.5, 0.6) is 5.75 Å². The number of hydrogen-bond donors (Lipinski definition) is 17. The Morgan fingerprint density at radius 1 is 0.545 bits per heavy atom. The van der Waals surface area contributed by atoms with Gasteiger partial charge in [0.05, 0.1) is 31.2 Å². The van der Waals surface area contributed by atoms with Gasteiger partial charge in [-0.2, -0.15) is 0 Å². The van der Waals surface area contributed by atoms with Crippen molar-refractivity contribution in [3.05, 3.63) is 138 Å². The third kappa shape index (κ3) is 23.4. The standard InChI is InChI=1S/C67H80N14O19S/c1-35(82)57-66(99)78-49(27-37-13-6-3-7-14-37)67(100)81-24-10-17-51(81)65(98)79-50(58(69)91)33-101-34-54(86)73-46(28-39-31-70-42-16-9-8-15-41(39)42)62(95)75-45(25-36-11-4-2-5-12-36)61(94)74-43(22-23-55(87)88)59(92)71-32-53(85)72-44(26-38-18-20-40(83)21-19-38)60(93)77-48(30-56(89)90)63(96)76-47(29-52(68)84)64(97)80-57/h2-9,11-16,18-21,31,35,43-51,57,70,82-83H,10,17,22-30,32-34H2,1H3,(H2,68,84)(H2,69,91)(H,71,92)(H,72,85)(H,73,86)(H,74,94)(H,75,95)(H,76,96)(H,77,93)(H,78,99)(H,79,98)(H,80,97)(H,87,88)(H,89,90). The fraction of sp³-hybridized carbons (Fsp3) is 0.388. The summed E-state index contributed by atoms with van der Waals surface area (Å²) in [5, 5.41) is 65.6. The highest BCUT2D eigenvalue weighted by atomic mass is 32.2. The molecule has 0 radical (unpaired) electrons. The molecule has 13 amide bonds. The van der Waals surface area contributed by atoms with Crippen LogP contribution in [0.25, 0.3) is 10.9 Å². The summed E-state index contributed by atoms with van der Waals surface area (Å²) in [5.41, 5.74) is 13.7. The van der Waals surface area contributed by atoms with Gasteiger partial charge in [-0.1, -0.05) is 91.0 Å². The van der Waals surface area contributed by atoms with Crippen molar-refractivity contribution < 1.29 is 92.3 Å². The number of phenols is 1. The Morgan fingerprint density at radius 2 is 1.06 bits per heavy atom. The van der Waals surface area contributed by atoms with Gasteiger partial charge in [0, 0.05) is 61.5 Å². The fourth-order valence-corrected chi connectivity index (χ4v) is 12.1. The van der Waals surface area contributed by atoms with Gasteiger partial charge in [-0.25, -0.2) is 0 Å². The Kier molecular flexibility index (Phi) is 28.2. The quantitative estimate of drug-likeness (QED) is 0.0428. The molecule has 0 saturated carbocycles. The van der Waals surface area contributed by atoms with Gasteiger partial charge in [-0.3, -0.25) is 71.9 Å². The number of phenolic OH excluding ortho intramolecular Hbond substituents is 1. The number of nitrogens with two attached hydrogens (primary N) is 2. The van der Waals surface area contributed by atoms with Crippen LogP contribution in [0.2, 0.25) is 0 Å². The van der Waals surface area contributed by atoms with Crippen molar-refractivity contribution in [1.82, 2.24) is 63.1 Å². The van der Waals surface area contributed by atoms with E-state index in [1.165, 1.54) is 24.3 Å². The van der Waals surface area contributed by atoms with Crippen molar-refractivity contribution in [2.75, 3.05) is 24.6 Å². The summed E-state index contributed by atoms with van der Waals surface area (Å²) in [6, 6.07) is 11.6. The van der Waals surface area contributed by atoms with E-state index in [0.717, 1.165) is 23.6 Å². The largest absolute Gasteiger partial charge is 0.508 e. The molecule has 4 aromatic carbocycles. The van der Waals surface area contributed by atoms with E-state index in [1.807, 2.05) is 0 Å². The zero-order valence-electron chi connectivity index (χ0n) is 54.6. The zero-order valence-corrected chi connectivity index (χ0v) is 55.5. The summed E-state index contributed by atoms with van der Waals surface area (Å²) in [7, 11) is 0. The average molecular weight is 1420 g/mol. The number of hydrogen-bond acceptors (Lipinski definition) is 18. The highest BCUT2D eigenvalue weighted by molar-refractivity contribution is 8.00. The van der Waals surface area contributed by atoms with Gasteiger partial charge in [-0.05, 0) is 66.6 Å². The van der Waals surface area contributed by atoms with E-state index in [0.29, 0.717) is 27.6 Å². The Balaban J connectivity index is 1.25. The number of aliphatic hydroxyl groups is 1. The van der Waals surface area contributed by atoms with Gasteiger partial charge in [0.25, 0.3) is 0 Å². The number of nitrogens with zero attached hydrogens (tertiary/aromatic N) is 1. The average Bonchev–Trinajstić information content (AvgIpc) is 1.61. The summed E-state index contributed by atoms with van der Waals surface area (Å²) in [6.45, 7) is 0.0269. The molecule has 11 unspecified atom stereocenters. The number of carbonyl (C=O) groups is 15. The van der Waals surface area contributed by atoms with Crippen molar-refractivity contribution in [2.24, 2.45) is 11.5 Å². The molecule has 1 aromatic heterocycles. The summed E-state index contributed by atoms with van der Waals surface area (Å²) < 4.78 is 0. The van der Waals surface area contributed by atoms with Crippen LogP contribution in [0.4, 0.5) is 0 Å². The number of amides is 13. The predicted octanol–water partition coefficient (Wildman–Crippen LogP) is -3.56. The first kappa shape index (κ1) is 76.9. The molecule has 2 saturated heterocycles. The van der Waals surface area contributed by atoms with Crippen LogP contribution < -0.4 is 64.6 Å². The van der Waals surface area contributed by atoms with Crippen LogP contribution in [0.15, 0.2) is 115 Å². The molecular weight excluding hydrogens is 1340 g/mol. The van der Waals surface area contributed by atoms with Crippen LogP contribution in [0, 0.1) is 0 Å². The minimum absolute atomic E-state index is 0.0479. The Morgan fingerprint density at radius 3 is 1.65 bits per heavy atom. The molecule has 0 aliphatic carbocycles. The third-order valence-electron chi connectivity index (χ3n) is 16.4. The van der Waals surface area contributed by atoms with Crippen LogP contribution in [-0.2, 0) is 97.6 Å². The number of thioether (sulfide) groups is 1. The number of rotatable bonds is 17. The van der Waals surface area contributed by atoms with E-state index in [4.69, 9.17) is 11.5 Å². The molecule has 101 heavy (non-hydrogen) atoms. The number of aliphatic hydroxyl groups excluding tert-OH is 1. The summed E-state index contributed by atoms with van der Waals surface area (Å²) in [5.74, 6) is -18.3. The first-order valence-electron chi connectivity index (χ1n) is 32.1. The van der Waals surface area contributed by atoms with E-state index in [-0.39, 0.29) is 55.7 Å². The Labute approximate surface area is 581 Å². The Bertz CT molecular complexity index is 3860. The van der Waals surface area contributed by atoms with Gasteiger partial charge >= 0.3 is 11.9 Å². The smallest absolute Gasteiger partial charge is 0.305 e. The molecule has 0 bridgehead atoms. The van der Waals surface area contributed by atoms with Crippen molar-refractivity contribution in [3.63, 3.8) is 0 Å². The number of carboxylic acids is 2. The topological polar surface area (TPSA) is 528 Å². The van der Waals surface area contributed by atoms with E-state index in [1.54, 1.807) is 91.1 Å². The van der Waals surface area contributed by atoms with E-state index in [9.17, 15) is 92.3 Å². The number of aromatic amines is 1. The number of fused-ring (bicyclic) bond motifs is 2. The lowest BCUT2D eigenvalue weighted by Crippen LogP contribution is -2.62. The van der Waals surface area contributed by atoms with Crippen molar-refractivity contribution in [3.8, 4) is 5.75 Å². The van der Waals surface area contributed by atoms with Gasteiger partial charge in [0.15, 0.2) is 0 Å².